The second-order valence-corrected chi connectivity index (χ2v) is 8.51. The van der Waals surface area contributed by atoms with Gasteiger partial charge in [-0.15, -0.1) is 11.3 Å². The van der Waals surface area contributed by atoms with Crippen molar-refractivity contribution in [2.45, 2.75) is 20.4 Å². The van der Waals surface area contributed by atoms with E-state index in [0.29, 0.717) is 28.5 Å². The summed E-state index contributed by atoms with van der Waals surface area (Å²) in [5.41, 5.74) is 2.82. The molecule has 11 heteroatoms. The van der Waals surface area contributed by atoms with Crippen molar-refractivity contribution < 1.29 is 13.9 Å². The normalized spacial score (nSPS) is 11.3. The molecule has 1 amide bonds. The SMILES string of the molecule is CCOc1c(F)cc(-c2csc(NC(=O)Cn3c(C)cc4c3c(=O)n(C)n4C)n2)cc1Cl. The molecule has 0 saturated carbocycles. The van der Waals surface area contributed by atoms with Crippen LogP contribution in [0.1, 0.15) is 12.6 Å². The molecule has 3 heterocycles. The van der Waals surface area contributed by atoms with Gasteiger partial charge >= 0.3 is 0 Å². The lowest BCUT2D eigenvalue weighted by Crippen LogP contribution is -2.23. The van der Waals surface area contributed by atoms with Gasteiger partial charge in [0.05, 0.1) is 22.8 Å². The summed E-state index contributed by atoms with van der Waals surface area (Å²) in [5.74, 6) is -0.903. The number of carbonyl (C=O) groups excluding carboxylic acids is 1. The van der Waals surface area contributed by atoms with Gasteiger partial charge in [-0.05, 0) is 32.0 Å². The van der Waals surface area contributed by atoms with Crippen molar-refractivity contribution in [1.82, 2.24) is 18.9 Å². The summed E-state index contributed by atoms with van der Waals surface area (Å²) in [7, 11) is 3.47. The maximum absolute atomic E-state index is 14.3. The third-order valence-corrected chi connectivity index (χ3v) is 6.25. The Morgan fingerprint density at radius 3 is 2.72 bits per heavy atom. The highest BCUT2D eigenvalue weighted by Gasteiger charge is 2.19. The zero-order valence-corrected chi connectivity index (χ0v) is 19.5. The summed E-state index contributed by atoms with van der Waals surface area (Å²) in [5, 5.41) is 4.95. The van der Waals surface area contributed by atoms with Gasteiger partial charge < -0.3 is 14.6 Å². The van der Waals surface area contributed by atoms with Crippen molar-refractivity contribution in [1.29, 1.82) is 0 Å². The molecule has 168 valence electrons. The molecule has 3 aromatic heterocycles. The van der Waals surface area contributed by atoms with E-state index in [-0.39, 0.29) is 28.8 Å². The molecule has 0 fully saturated rings. The van der Waals surface area contributed by atoms with Crippen molar-refractivity contribution in [3.05, 3.63) is 50.5 Å². The number of benzene rings is 1. The first-order valence-electron chi connectivity index (χ1n) is 9.80. The van der Waals surface area contributed by atoms with Crippen LogP contribution in [0.4, 0.5) is 9.52 Å². The number of aryl methyl sites for hydroxylation is 2. The van der Waals surface area contributed by atoms with E-state index in [4.69, 9.17) is 16.3 Å². The third-order valence-electron chi connectivity index (χ3n) is 5.21. The van der Waals surface area contributed by atoms with Gasteiger partial charge in [0.1, 0.15) is 12.1 Å². The van der Waals surface area contributed by atoms with E-state index in [1.807, 2.05) is 13.0 Å². The van der Waals surface area contributed by atoms with E-state index in [1.165, 1.54) is 22.1 Å². The summed E-state index contributed by atoms with van der Waals surface area (Å²) in [6, 6.07) is 4.74. The molecule has 0 atom stereocenters. The first-order chi connectivity index (χ1) is 15.2. The summed E-state index contributed by atoms with van der Waals surface area (Å²) < 4.78 is 24.4. The Kier molecular flexibility index (Phi) is 5.83. The molecule has 4 rings (SSSR count). The fourth-order valence-corrected chi connectivity index (χ4v) is 4.54. The molecule has 8 nitrogen and oxygen atoms in total. The van der Waals surface area contributed by atoms with Gasteiger partial charge in [0, 0.05) is 30.7 Å². The highest BCUT2D eigenvalue weighted by Crippen LogP contribution is 2.34. The van der Waals surface area contributed by atoms with Crippen LogP contribution in [0.15, 0.2) is 28.4 Å². The van der Waals surface area contributed by atoms with E-state index in [2.05, 4.69) is 10.3 Å². The minimum absolute atomic E-state index is 0.00198. The van der Waals surface area contributed by atoms with E-state index >= 15 is 0 Å². The molecular formula is C21H21ClFN5O3S. The van der Waals surface area contributed by atoms with Gasteiger partial charge in [-0.1, -0.05) is 11.6 Å². The summed E-state index contributed by atoms with van der Waals surface area (Å²) in [4.78, 5) is 29.6. The topological polar surface area (TPSA) is 83.1 Å². The number of anilines is 1. The molecule has 0 aliphatic heterocycles. The number of aromatic nitrogens is 4. The quantitative estimate of drug-likeness (QED) is 0.456. The zero-order valence-electron chi connectivity index (χ0n) is 17.9. The van der Waals surface area contributed by atoms with Gasteiger partial charge in [-0.25, -0.2) is 9.37 Å². The van der Waals surface area contributed by atoms with E-state index < -0.39 is 5.82 Å². The maximum atomic E-state index is 14.3. The lowest BCUT2D eigenvalue weighted by atomic mass is 10.1. The van der Waals surface area contributed by atoms with Crippen molar-refractivity contribution in [3.63, 3.8) is 0 Å². The number of halogens is 2. The number of nitrogens with zero attached hydrogens (tertiary/aromatic N) is 4. The Labute approximate surface area is 191 Å². The molecule has 0 aliphatic rings. The van der Waals surface area contributed by atoms with Gasteiger partial charge in [0.2, 0.25) is 5.91 Å². The summed E-state index contributed by atoms with van der Waals surface area (Å²) >= 11 is 7.34. The van der Waals surface area contributed by atoms with Crippen LogP contribution < -0.4 is 15.6 Å². The maximum Gasteiger partial charge on any atom is 0.290 e. The molecule has 32 heavy (non-hydrogen) atoms. The Morgan fingerprint density at radius 1 is 1.28 bits per heavy atom. The predicted octanol–water partition coefficient (Wildman–Crippen LogP) is 3.94. The Bertz CT molecular complexity index is 1380. The molecule has 0 unspecified atom stereocenters. The minimum Gasteiger partial charge on any atom is -0.489 e. The number of amides is 1. The van der Waals surface area contributed by atoms with Gasteiger partial charge in [-0.3, -0.25) is 19.0 Å². The molecule has 0 aliphatic carbocycles. The number of nitrogens with one attached hydrogen (secondary N) is 1. The molecule has 4 aromatic rings. The molecule has 1 N–H and O–H groups in total. The number of hydrogen-bond acceptors (Lipinski definition) is 5. The second kappa shape index (κ2) is 8.44. The number of rotatable bonds is 6. The standard InChI is InChI=1S/C21H21ClFN5O3S/c1-5-31-19-13(22)7-12(8-14(19)23)15-10-32-21(24-15)25-17(29)9-28-11(2)6-16-18(28)20(30)27(4)26(16)3/h6-8,10H,5,9H2,1-4H3,(H,24,25,29). The van der Waals surface area contributed by atoms with Crippen molar-refractivity contribution >= 4 is 45.0 Å². The first-order valence-corrected chi connectivity index (χ1v) is 11.1. The van der Waals surface area contributed by atoms with E-state index in [1.54, 1.807) is 41.7 Å². The first kappa shape index (κ1) is 22.1. The zero-order chi connectivity index (χ0) is 23.2. The van der Waals surface area contributed by atoms with Crippen molar-refractivity contribution in [2.75, 3.05) is 11.9 Å². The van der Waals surface area contributed by atoms with Crippen molar-refractivity contribution in [3.8, 4) is 17.0 Å². The monoisotopic (exact) mass is 477 g/mol. The average molecular weight is 478 g/mol. The molecular weight excluding hydrogens is 457 g/mol. The van der Waals surface area contributed by atoms with Gasteiger partial charge in [0.15, 0.2) is 16.7 Å². The van der Waals surface area contributed by atoms with Crippen LogP contribution in [-0.2, 0) is 25.4 Å². The van der Waals surface area contributed by atoms with Gasteiger partial charge in [-0.2, -0.15) is 0 Å². The van der Waals surface area contributed by atoms with Crippen LogP contribution in [0.2, 0.25) is 5.02 Å². The molecule has 0 spiro atoms. The number of hydrogen-bond donors (Lipinski definition) is 1. The fourth-order valence-electron chi connectivity index (χ4n) is 3.54. The van der Waals surface area contributed by atoms with Crippen LogP contribution in [0, 0.1) is 12.7 Å². The summed E-state index contributed by atoms with van der Waals surface area (Å²) in [6.45, 7) is 3.85. The van der Waals surface area contributed by atoms with Crippen LogP contribution in [0.5, 0.6) is 5.75 Å². The lowest BCUT2D eigenvalue weighted by molar-refractivity contribution is -0.116. The van der Waals surface area contributed by atoms with Crippen LogP contribution >= 0.6 is 22.9 Å². The van der Waals surface area contributed by atoms with Crippen molar-refractivity contribution in [2.24, 2.45) is 14.1 Å². The lowest BCUT2D eigenvalue weighted by Gasteiger charge is -2.08. The van der Waals surface area contributed by atoms with Crippen LogP contribution in [0.25, 0.3) is 22.3 Å². The van der Waals surface area contributed by atoms with E-state index in [9.17, 15) is 14.0 Å². The van der Waals surface area contributed by atoms with Crippen LogP contribution in [0.3, 0.4) is 0 Å². The molecule has 0 bridgehead atoms. The number of ether oxygens (including phenoxy) is 1. The highest BCUT2D eigenvalue weighted by atomic mass is 35.5. The highest BCUT2D eigenvalue weighted by molar-refractivity contribution is 7.14. The fraction of sp³-hybridized carbons (Fsp3) is 0.286. The summed E-state index contributed by atoms with van der Waals surface area (Å²) in [6.07, 6.45) is 0. The molecule has 0 saturated heterocycles. The molecule has 0 radical (unpaired) electrons. The Morgan fingerprint density at radius 2 is 2.03 bits per heavy atom. The van der Waals surface area contributed by atoms with Gasteiger partial charge in [0.25, 0.3) is 5.56 Å². The minimum atomic E-state index is -0.579. The Hall–Kier alpha value is -3.11. The Balaban J connectivity index is 1.54. The average Bonchev–Trinajstić information content (AvgIpc) is 3.38. The number of fused-ring (bicyclic) bond motifs is 1. The second-order valence-electron chi connectivity index (χ2n) is 7.25. The number of carbonyl (C=O) groups is 1. The van der Waals surface area contributed by atoms with E-state index in [0.717, 1.165) is 11.2 Å². The predicted molar refractivity (Wildman–Crippen MR) is 123 cm³/mol. The third kappa shape index (κ3) is 3.80. The smallest absolute Gasteiger partial charge is 0.290 e. The molecule has 1 aromatic carbocycles. The largest absolute Gasteiger partial charge is 0.489 e. The van der Waals surface area contributed by atoms with Crippen LogP contribution in [-0.4, -0.2) is 31.4 Å². The number of thiazole rings is 1.